The van der Waals surface area contributed by atoms with Gasteiger partial charge in [-0.1, -0.05) is 5.16 Å². The lowest BCUT2D eigenvalue weighted by atomic mass is 9.95. The van der Waals surface area contributed by atoms with Gasteiger partial charge >= 0.3 is 5.97 Å². The minimum absolute atomic E-state index is 0.0859. The number of carbonyl (C=O) groups excluding carboxylic acids is 3. The van der Waals surface area contributed by atoms with E-state index in [1.54, 1.807) is 5.38 Å². The van der Waals surface area contributed by atoms with E-state index in [1.807, 2.05) is 12.3 Å². The predicted octanol–water partition coefficient (Wildman–Crippen LogP) is 0.769. The van der Waals surface area contributed by atoms with Crippen molar-refractivity contribution in [3.05, 3.63) is 51.9 Å². The molecule has 2 atom stereocenters. The first-order valence-corrected chi connectivity index (χ1v) is 13.7. The largest absolute Gasteiger partial charge is 0.464 e. The number of aromatic nitrogens is 2. The van der Waals surface area contributed by atoms with Crippen LogP contribution < -0.4 is 15.6 Å². The van der Waals surface area contributed by atoms with Crippen LogP contribution >= 0.6 is 23.1 Å². The molecule has 4 heterocycles. The summed E-state index contributed by atoms with van der Waals surface area (Å²) in [6.45, 7) is 0.490. The molecule has 2 aliphatic heterocycles. The van der Waals surface area contributed by atoms with Gasteiger partial charge in [-0.2, -0.15) is 4.57 Å². The van der Waals surface area contributed by atoms with E-state index in [-0.39, 0.29) is 22.2 Å². The lowest BCUT2D eigenvalue weighted by Gasteiger charge is -2.49. The number of nitrogen functional groups attached to an aromatic ring is 1. The molecule has 0 spiro atoms. The number of hydrogen-bond acceptors (Lipinski definition) is 10. The second kappa shape index (κ2) is 10.5. The first kappa shape index (κ1) is 25.2. The van der Waals surface area contributed by atoms with E-state index in [0.29, 0.717) is 12.3 Å². The lowest BCUT2D eigenvalue weighted by molar-refractivity contribution is -0.697. The fourth-order valence-electron chi connectivity index (χ4n) is 4.92. The molecule has 1 aliphatic carbocycles. The number of aryl methyl sites for hydroxylation is 1. The molecule has 5 rings (SSSR count). The van der Waals surface area contributed by atoms with Crippen LogP contribution in [-0.4, -0.2) is 64.8 Å². The number of nitrogens with two attached hydrogens (primary N) is 1. The van der Waals surface area contributed by atoms with Crippen molar-refractivity contribution < 1.29 is 28.5 Å². The molecule has 2 aromatic rings. The van der Waals surface area contributed by atoms with Gasteiger partial charge in [-0.25, -0.2) is 9.78 Å². The minimum Gasteiger partial charge on any atom is -0.464 e. The number of amides is 2. The number of nitrogens with one attached hydrogen (secondary N) is 1. The number of rotatable bonds is 7. The number of carbonyl (C=O) groups is 3. The zero-order chi connectivity index (χ0) is 26.1. The Morgan fingerprint density at radius 1 is 1.32 bits per heavy atom. The molecule has 3 N–H and O–H groups in total. The highest BCUT2D eigenvalue weighted by Crippen LogP contribution is 2.41. The van der Waals surface area contributed by atoms with Crippen molar-refractivity contribution in [2.75, 3.05) is 25.7 Å². The Hall–Kier alpha value is -3.45. The number of β-lactam (4-membered cyclic amide) rings is 1. The molecule has 0 bridgehead atoms. The summed E-state index contributed by atoms with van der Waals surface area (Å²) in [5.74, 6) is -1.06. The Bertz CT molecular complexity index is 1320. The summed E-state index contributed by atoms with van der Waals surface area (Å²) >= 11 is 2.66. The number of esters is 1. The van der Waals surface area contributed by atoms with Gasteiger partial charge in [0, 0.05) is 34.8 Å². The zero-order valence-electron chi connectivity index (χ0n) is 20.4. The van der Waals surface area contributed by atoms with Crippen LogP contribution in [0.5, 0.6) is 0 Å². The summed E-state index contributed by atoms with van der Waals surface area (Å²) in [7, 11) is 2.62. The Morgan fingerprint density at radius 2 is 2.14 bits per heavy atom. The van der Waals surface area contributed by atoms with Crippen molar-refractivity contribution in [2.45, 2.75) is 43.6 Å². The second-order valence-corrected chi connectivity index (χ2v) is 10.8. The van der Waals surface area contributed by atoms with Gasteiger partial charge in [-0.05, 0) is 25.3 Å². The maximum atomic E-state index is 13.3. The lowest BCUT2D eigenvalue weighted by Crippen LogP contribution is -2.71. The van der Waals surface area contributed by atoms with Crippen LogP contribution in [0.15, 0.2) is 40.1 Å². The standard InChI is InChI=1S/C24H26N6O5S2/c1-34-23(33)19-14(10-29-9-5-7-13-6-3-4-8-16(13)29)11-36-22-18(21(32)30(19)22)27-20(31)17(28-35-2)15-12-37-24(25)26-15/h5,7,9,12,18,22H,3-4,6,8,10-11H2,1-2H3,(H2-,25,26,27,31)/p+1/b28-17+. The quantitative estimate of drug-likeness (QED) is 0.172. The Balaban J connectivity index is 1.38. The van der Waals surface area contributed by atoms with E-state index in [0.717, 1.165) is 36.2 Å². The molecule has 0 aromatic carbocycles. The fraction of sp³-hybridized carbons (Fsp3) is 0.417. The van der Waals surface area contributed by atoms with Crippen molar-refractivity contribution in [2.24, 2.45) is 5.16 Å². The zero-order valence-corrected chi connectivity index (χ0v) is 22.1. The van der Waals surface area contributed by atoms with Gasteiger partial charge in [0.15, 0.2) is 29.3 Å². The Kier molecular flexibility index (Phi) is 7.15. The minimum atomic E-state index is -0.839. The molecule has 37 heavy (non-hydrogen) atoms. The van der Waals surface area contributed by atoms with E-state index in [9.17, 15) is 14.4 Å². The van der Waals surface area contributed by atoms with Gasteiger partial charge in [0.1, 0.15) is 29.9 Å². The number of oxime groups is 1. The number of hydrogen-bond donors (Lipinski definition) is 2. The van der Waals surface area contributed by atoms with E-state index in [1.165, 1.54) is 48.6 Å². The van der Waals surface area contributed by atoms with Crippen molar-refractivity contribution in [1.29, 1.82) is 0 Å². The van der Waals surface area contributed by atoms with E-state index < -0.39 is 29.2 Å². The summed E-state index contributed by atoms with van der Waals surface area (Å²) in [4.78, 5) is 49.4. The van der Waals surface area contributed by atoms with Crippen LogP contribution in [0.25, 0.3) is 0 Å². The molecule has 1 saturated heterocycles. The molecule has 2 aromatic heterocycles. The molecule has 2 amide bonds. The Morgan fingerprint density at radius 3 is 2.86 bits per heavy atom. The van der Waals surface area contributed by atoms with Crippen LogP contribution in [-0.2, 0) is 43.3 Å². The molecular formula is C24H27N6O5S2+. The van der Waals surface area contributed by atoms with E-state index >= 15 is 0 Å². The number of nitrogens with zero attached hydrogens (tertiary/aromatic N) is 4. The highest BCUT2D eigenvalue weighted by Gasteiger charge is 2.55. The number of thiazole rings is 1. The molecule has 11 nitrogen and oxygen atoms in total. The van der Waals surface area contributed by atoms with Gasteiger partial charge < -0.3 is 20.6 Å². The van der Waals surface area contributed by atoms with Crippen LogP contribution in [0.2, 0.25) is 0 Å². The van der Waals surface area contributed by atoms with E-state index in [4.69, 9.17) is 15.3 Å². The highest BCUT2D eigenvalue weighted by molar-refractivity contribution is 8.00. The molecule has 2 unspecified atom stereocenters. The SMILES string of the molecule is CO/N=C(/C(=O)NC1C(=O)N2C(C(=O)OC)=C(C[n+]3cccc4c3CCCC4)CSC12)c1csc(N)n1. The number of anilines is 1. The summed E-state index contributed by atoms with van der Waals surface area (Å²) in [6, 6.07) is 3.34. The summed E-state index contributed by atoms with van der Waals surface area (Å²) in [5, 5.41) is 7.91. The number of fused-ring (bicyclic) bond motifs is 2. The second-order valence-electron chi connectivity index (χ2n) is 8.81. The van der Waals surface area contributed by atoms with Gasteiger partial charge in [0.05, 0.1) is 7.11 Å². The average molecular weight is 544 g/mol. The Labute approximate surface area is 221 Å². The smallest absolute Gasteiger partial charge is 0.355 e. The van der Waals surface area contributed by atoms with Crippen LogP contribution in [0.3, 0.4) is 0 Å². The third kappa shape index (κ3) is 4.68. The van der Waals surface area contributed by atoms with Crippen molar-refractivity contribution in [3.63, 3.8) is 0 Å². The van der Waals surface area contributed by atoms with Crippen LogP contribution in [0.4, 0.5) is 5.13 Å². The number of ether oxygens (including phenoxy) is 1. The van der Waals surface area contributed by atoms with Crippen molar-refractivity contribution >= 4 is 51.7 Å². The maximum Gasteiger partial charge on any atom is 0.355 e. The highest BCUT2D eigenvalue weighted by atomic mass is 32.2. The van der Waals surface area contributed by atoms with Crippen LogP contribution in [0.1, 0.15) is 29.8 Å². The normalized spacial score (nSPS) is 21.1. The first-order chi connectivity index (χ1) is 17.9. The third-order valence-corrected chi connectivity index (χ3v) is 8.64. The molecule has 0 radical (unpaired) electrons. The van der Waals surface area contributed by atoms with Crippen LogP contribution in [0, 0.1) is 0 Å². The third-order valence-electron chi connectivity index (χ3n) is 6.63. The summed E-state index contributed by atoms with van der Waals surface area (Å²) in [5.41, 5.74) is 9.52. The first-order valence-electron chi connectivity index (χ1n) is 11.8. The summed E-state index contributed by atoms with van der Waals surface area (Å²) in [6.07, 6.45) is 6.35. The molecular weight excluding hydrogens is 516 g/mol. The molecule has 0 saturated carbocycles. The molecule has 1 fully saturated rings. The molecule has 194 valence electrons. The maximum absolute atomic E-state index is 13.3. The predicted molar refractivity (Wildman–Crippen MR) is 137 cm³/mol. The monoisotopic (exact) mass is 543 g/mol. The topological polar surface area (TPSA) is 140 Å². The van der Waals surface area contributed by atoms with Gasteiger partial charge in [0.25, 0.3) is 11.8 Å². The molecule has 13 heteroatoms. The van der Waals surface area contributed by atoms with E-state index in [2.05, 4.69) is 26.1 Å². The number of thioether (sulfide) groups is 1. The van der Waals surface area contributed by atoms with Gasteiger partial charge in [-0.3, -0.25) is 14.5 Å². The van der Waals surface area contributed by atoms with Gasteiger partial charge in [0.2, 0.25) is 0 Å². The van der Waals surface area contributed by atoms with Gasteiger partial charge in [-0.15, -0.1) is 23.1 Å². The number of pyridine rings is 1. The fourth-order valence-corrected chi connectivity index (χ4v) is 6.80. The van der Waals surface area contributed by atoms with Crippen molar-refractivity contribution in [1.82, 2.24) is 15.2 Å². The molecule has 3 aliphatic rings. The van der Waals surface area contributed by atoms with Crippen molar-refractivity contribution in [3.8, 4) is 0 Å². The number of methoxy groups -OCH3 is 1. The average Bonchev–Trinajstić information content (AvgIpc) is 3.35. The summed E-state index contributed by atoms with van der Waals surface area (Å²) < 4.78 is 7.24.